The van der Waals surface area contributed by atoms with Crippen LogP contribution in [0.3, 0.4) is 0 Å². The van der Waals surface area contributed by atoms with Crippen LogP contribution in [0.4, 0.5) is 0 Å². The number of aromatic nitrogens is 2. The lowest BCUT2D eigenvalue weighted by Gasteiger charge is -2.31. The van der Waals surface area contributed by atoms with Crippen LogP contribution in [-0.4, -0.2) is 45.9 Å². The second-order valence-corrected chi connectivity index (χ2v) is 8.31. The molecule has 1 aliphatic rings. The monoisotopic (exact) mass is 508 g/mol. The van der Waals surface area contributed by atoms with Crippen LogP contribution in [0.1, 0.15) is 33.9 Å². The Morgan fingerprint density at radius 1 is 1.40 bits per heavy atom. The van der Waals surface area contributed by atoms with E-state index < -0.39 is 52.6 Å². The van der Waals surface area contributed by atoms with Crippen LogP contribution < -0.4 is 11.2 Å². The predicted octanol–water partition coefficient (Wildman–Crippen LogP) is 1.77. The molecule has 0 saturated carbocycles. The van der Waals surface area contributed by atoms with Crippen molar-refractivity contribution in [2.24, 2.45) is 5.41 Å². The summed E-state index contributed by atoms with van der Waals surface area (Å²) in [6.45, 7) is 5.81. The van der Waals surface area contributed by atoms with Crippen LogP contribution in [0.2, 0.25) is 0 Å². The number of rotatable bonds is 6. The van der Waals surface area contributed by atoms with Gasteiger partial charge in [0.1, 0.15) is 6.61 Å². The van der Waals surface area contributed by atoms with E-state index in [1.165, 1.54) is 19.2 Å². The molecule has 30 heavy (non-hydrogen) atoms. The first-order valence-corrected chi connectivity index (χ1v) is 9.92. The van der Waals surface area contributed by atoms with Crippen LogP contribution in [0.15, 0.2) is 33.5 Å². The van der Waals surface area contributed by atoms with Gasteiger partial charge in [-0.15, -0.1) is 0 Å². The molecule has 166 valence electrons. The first-order chi connectivity index (χ1) is 13.9. The molecule has 2 heterocycles. The maximum Gasteiger partial charge on any atom is 0.330 e. The number of esters is 2. The first-order valence-electron chi connectivity index (χ1n) is 8.84. The molecule has 1 N–H and O–H groups in total. The molecular formula is C18H22BrClN2O8. The summed E-state index contributed by atoms with van der Waals surface area (Å²) in [5.41, 5.74) is -2.64. The third kappa shape index (κ3) is 5.20. The van der Waals surface area contributed by atoms with Gasteiger partial charge in [-0.25, -0.2) is 4.79 Å². The molecule has 0 amide bonds. The largest absolute Gasteiger partial charge is 0.462 e. The summed E-state index contributed by atoms with van der Waals surface area (Å²) in [7, 11) is 0. The second kappa shape index (κ2) is 9.46. The second-order valence-electron chi connectivity index (χ2n) is 7.68. The molecule has 4 atom stereocenters. The summed E-state index contributed by atoms with van der Waals surface area (Å²) in [5.74, 6) is -1.20. The van der Waals surface area contributed by atoms with Gasteiger partial charge in [-0.3, -0.25) is 27.8 Å². The van der Waals surface area contributed by atoms with E-state index >= 15 is 0 Å². The Morgan fingerprint density at radius 3 is 2.57 bits per heavy atom. The van der Waals surface area contributed by atoms with Gasteiger partial charge < -0.3 is 14.2 Å². The van der Waals surface area contributed by atoms with Gasteiger partial charge in [0.2, 0.25) is 0 Å². The van der Waals surface area contributed by atoms with Crippen LogP contribution in [0.5, 0.6) is 0 Å². The van der Waals surface area contributed by atoms with Crippen molar-refractivity contribution in [2.45, 2.75) is 51.7 Å². The van der Waals surface area contributed by atoms with E-state index in [4.69, 9.17) is 29.6 Å². The highest BCUT2D eigenvalue weighted by Crippen LogP contribution is 2.42. The van der Waals surface area contributed by atoms with Gasteiger partial charge in [0.05, 0.1) is 21.7 Å². The maximum absolute atomic E-state index is 12.3. The number of nitrogens with one attached hydrogen (secondary N) is 1. The highest BCUT2D eigenvalue weighted by molar-refractivity contribution is 9.06. The molecule has 0 bridgehead atoms. The lowest BCUT2D eigenvalue weighted by Crippen LogP contribution is -2.49. The lowest BCUT2D eigenvalue weighted by molar-refractivity contribution is -0.172. The van der Waals surface area contributed by atoms with Crippen molar-refractivity contribution in [2.75, 3.05) is 6.61 Å². The average molecular weight is 510 g/mol. The molecule has 0 aliphatic carbocycles. The minimum absolute atomic E-state index is 0.383. The van der Waals surface area contributed by atoms with Crippen LogP contribution >= 0.6 is 27.9 Å². The van der Waals surface area contributed by atoms with Crippen LogP contribution in [0, 0.1) is 5.41 Å². The number of carbonyl (C=O) groups excluding carboxylic acids is 2. The fourth-order valence-corrected chi connectivity index (χ4v) is 3.46. The molecule has 0 radical (unpaired) electrons. The maximum atomic E-state index is 12.3. The highest BCUT2D eigenvalue weighted by Gasteiger charge is 2.59. The number of nitrogens with zero attached hydrogens (tertiary/aromatic N) is 1. The van der Waals surface area contributed by atoms with Gasteiger partial charge in [0.25, 0.3) is 5.56 Å². The molecule has 1 saturated heterocycles. The number of H-pyrrole nitrogens is 1. The zero-order valence-electron chi connectivity index (χ0n) is 16.7. The fourth-order valence-electron chi connectivity index (χ4n) is 2.87. The minimum Gasteiger partial charge on any atom is -0.462 e. The average Bonchev–Trinajstić information content (AvgIpc) is 2.92. The standard InChI is InChI=1S/C18H22BrClN2O8/c1-10(23)28-13-12(30-19)14(22-8-5-11(24)21-16(22)26)29-18(13,6-7-20)9-27-15(25)17(2,3)4/h5-8,12-14H,9H2,1-4H3,(H,21,24,26)/b7-6-/t12?,13?,14-,18-/m0/s1. The number of carbonyl (C=O) groups is 2. The summed E-state index contributed by atoms with van der Waals surface area (Å²) >= 11 is 8.68. The number of ether oxygens (including phenoxy) is 3. The third-order valence-electron chi connectivity index (χ3n) is 4.31. The number of aromatic amines is 1. The van der Waals surface area contributed by atoms with Gasteiger partial charge in [-0.2, -0.15) is 0 Å². The van der Waals surface area contributed by atoms with Gasteiger partial charge in [0, 0.05) is 24.7 Å². The Balaban J connectivity index is 2.53. The predicted molar refractivity (Wildman–Crippen MR) is 109 cm³/mol. The Hall–Kier alpha value is -1.95. The zero-order valence-corrected chi connectivity index (χ0v) is 19.1. The van der Waals surface area contributed by atoms with Crippen molar-refractivity contribution in [3.63, 3.8) is 0 Å². The normalized spacial score (nSPS) is 26.7. The summed E-state index contributed by atoms with van der Waals surface area (Å²) in [6, 6.07) is 1.12. The van der Waals surface area contributed by atoms with Crippen LogP contribution in [-0.2, 0) is 27.6 Å². The summed E-state index contributed by atoms with van der Waals surface area (Å²) in [4.78, 5) is 49.9. The van der Waals surface area contributed by atoms with Crippen molar-refractivity contribution in [3.8, 4) is 0 Å². The van der Waals surface area contributed by atoms with Crippen molar-refractivity contribution in [3.05, 3.63) is 44.7 Å². The van der Waals surface area contributed by atoms with E-state index in [2.05, 4.69) is 21.2 Å². The van der Waals surface area contributed by atoms with E-state index in [1.54, 1.807) is 20.8 Å². The van der Waals surface area contributed by atoms with Gasteiger partial charge in [0.15, 0.2) is 24.0 Å². The molecule has 0 spiro atoms. The topological polar surface area (TPSA) is 126 Å². The van der Waals surface area contributed by atoms with E-state index in [0.717, 1.165) is 16.2 Å². The molecule has 1 fully saturated rings. The number of hydrogen-bond acceptors (Lipinski definition) is 8. The molecule has 1 aromatic heterocycles. The number of hydrogen-bond donors (Lipinski definition) is 1. The molecule has 10 nitrogen and oxygen atoms in total. The Labute approximate surface area is 185 Å². The smallest absolute Gasteiger partial charge is 0.330 e. The fraction of sp³-hybridized carbons (Fsp3) is 0.556. The van der Waals surface area contributed by atoms with Crippen LogP contribution in [0.25, 0.3) is 0 Å². The molecule has 12 heteroatoms. The molecule has 1 aromatic rings. The zero-order chi connectivity index (χ0) is 22.7. The van der Waals surface area contributed by atoms with Crippen molar-refractivity contribution < 1.29 is 27.6 Å². The van der Waals surface area contributed by atoms with E-state index in [1.807, 2.05) is 0 Å². The number of halogens is 2. The quantitative estimate of drug-likeness (QED) is 0.575. The van der Waals surface area contributed by atoms with Crippen molar-refractivity contribution >= 4 is 39.8 Å². The molecule has 1 aliphatic heterocycles. The molecule has 2 unspecified atom stereocenters. The lowest BCUT2D eigenvalue weighted by atomic mass is 9.94. The molecule has 0 aromatic carbocycles. The highest BCUT2D eigenvalue weighted by atomic mass is 79.9. The van der Waals surface area contributed by atoms with Gasteiger partial charge >= 0.3 is 17.6 Å². The molecular weight excluding hydrogens is 488 g/mol. The Bertz CT molecular complexity index is 937. The van der Waals surface area contributed by atoms with E-state index in [0.29, 0.717) is 0 Å². The Kier molecular flexibility index (Phi) is 7.67. The van der Waals surface area contributed by atoms with E-state index in [9.17, 15) is 19.2 Å². The van der Waals surface area contributed by atoms with Gasteiger partial charge in [-0.1, -0.05) is 11.6 Å². The van der Waals surface area contributed by atoms with Gasteiger partial charge in [-0.05, 0) is 26.8 Å². The third-order valence-corrected chi connectivity index (χ3v) is 4.87. The summed E-state index contributed by atoms with van der Waals surface area (Å²) in [6.07, 6.45) is -0.857. The first kappa shape index (κ1) is 24.3. The SMILES string of the molecule is CC(=O)OC1C(OBr)[C@@H](n2ccc(=O)[nH]c2=O)O[C@@]1(/C=C\Cl)COC(=O)C(C)(C)C. The van der Waals surface area contributed by atoms with Crippen molar-refractivity contribution in [1.82, 2.24) is 9.55 Å². The van der Waals surface area contributed by atoms with Crippen molar-refractivity contribution in [1.29, 1.82) is 0 Å². The minimum atomic E-state index is -1.58. The Morgan fingerprint density at radius 2 is 2.07 bits per heavy atom. The summed E-state index contributed by atoms with van der Waals surface area (Å²) < 4.78 is 23.2. The molecule has 2 rings (SSSR count). The van der Waals surface area contributed by atoms with E-state index in [-0.39, 0.29) is 6.61 Å². The summed E-state index contributed by atoms with van der Waals surface area (Å²) in [5, 5.41) is 0.